The van der Waals surface area contributed by atoms with Gasteiger partial charge in [0.15, 0.2) is 6.29 Å². The van der Waals surface area contributed by atoms with E-state index in [2.05, 4.69) is 22.2 Å². The van der Waals surface area contributed by atoms with Crippen LogP contribution in [0.5, 0.6) is 0 Å². The topological polar surface area (TPSA) is 133 Å². The highest BCUT2D eigenvalue weighted by Gasteiger charge is 2.32. The molecule has 1 aromatic heterocycles. The van der Waals surface area contributed by atoms with Crippen molar-refractivity contribution >= 4 is 11.8 Å². The fourth-order valence-electron chi connectivity index (χ4n) is 5.03. The molecule has 3 aromatic rings. The van der Waals surface area contributed by atoms with Crippen molar-refractivity contribution in [3.63, 3.8) is 0 Å². The number of likely N-dealkylation sites (N-methyl/N-ethyl adjacent to an activating group) is 1. The fourth-order valence-corrected chi connectivity index (χ4v) is 5.03. The van der Waals surface area contributed by atoms with E-state index in [9.17, 15) is 14.7 Å². The van der Waals surface area contributed by atoms with Crippen molar-refractivity contribution in [1.82, 2.24) is 20.7 Å². The molecular weight excluding hydrogens is 548 g/mol. The van der Waals surface area contributed by atoms with Crippen LogP contribution in [-0.4, -0.2) is 58.3 Å². The van der Waals surface area contributed by atoms with Crippen LogP contribution in [0.15, 0.2) is 72.9 Å². The van der Waals surface area contributed by atoms with E-state index in [1.54, 1.807) is 5.48 Å². The minimum absolute atomic E-state index is 0.00259. The number of aliphatic hydroxyl groups excluding tert-OH is 1. The van der Waals surface area contributed by atoms with Gasteiger partial charge in [0, 0.05) is 62.8 Å². The molecule has 10 heteroatoms. The smallest absolute Gasteiger partial charge is 0.243 e. The summed E-state index contributed by atoms with van der Waals surface area (Å²) < 4.78 is 12.9. The summed E-state index contributed by atoms with van der Waals surface area (Å²) in [6.07, 6.45) is 4.21. The van der Waals surface area contributed by atoms with E-state index >= 15 is 0 Å². The zero-order valence-corrected chi connectivity index (χ0v) is 24.7. The first kappa shape index (κ1) is 32.2. The lowest BCUT2D eigenvalue weighted by Crippen LogP contribution is -2.38. The fraction of sp³-hybridized carbons (Fsp3) is 0.424. The van der Waals surface area contributed by atoms with Crippen LogP contribution in [0.4, 0.5) is 0 Å². The number of pyridine rings is 1. The van der Waals surface area contributed by atoms with Gasteiger partial charge in [-0.25, -0.2) is 5.48 Å². The summed E-state index contributed by atoms with van der Waals surface area (Å²) in [7, 11) is 2.09. The van der Waals surface area contributed by atoms with Crippen LogP contribution in [0.1, 0.15) is 72.4 Å². The number of hydrogen-bond acceptors (Lipinski definition) is 8. The molecule has 3 unspecified atom stereocenters. The zero-order chi connectivity index (χ0) is 30.4. The number of aromatic nitrogens is 1. The van der Waals surface area contributed by atoms with Crippen LogP contribution in [0.25, 0.3) is 0 Å². The number of aliphatic hydroxyl groups is 1. The first-order chi connectivity index (χ1) is 20.9. The number of carbonyl (C=O) groups excluding carboxylic acids is 2. The van der Waals surface area contributed by atoms with Crippen molar-refractivity contribution in [2.75, 3.05) is 20.1 Å². The van der Waals surface area contributed by atoms with Crippen LogP contribution < -0.4 is 10.8 Å². The Kier molecular flexibility index (Phi) is 12.6. The van der Waals surface area contributed by atoms with Gasteiger partial charge in [0.05, 0.1) is 18.8 Å². The maximum Gasteiger partial charge on any atom is 0.243 e. The third-order valence-corrected chi connectivity index (χ3v) is 7.53. The Morgan fingerprint density at radius 1 is 0.930 bits per heavy atom. The molecule has 3 atom stereocenters. The second kappa shape index (κ2) is 16.8. The second-order valence-corrected chi connectivity index (χ2v) is 10.9. The predicted octanol–water partition coefficient (Wildman–Crippen LogP) is 3.98. The van der Waals surface area contributed by atoms with Crippen molar-refractivity contribution in [3.05, 3.63) is 101 Å². The van der Waals surface area contributed by atoms with E-state index < -0.39 is 12.2 Å². The monoisotopic (exact) mass is 590 g/mol. The molecule has 230 valence electrons. The molecule has 4 N–H and O–H groups in total. The van der Waals surface area contributed by atoms with E-state index in [0.29, 0.717) is 32.2 Å². The molecule has 4 rings (SSSR count). The van der Waals surface area contributed by atoms with Crippen molar-refractivity contribution in [2.45, 2.75) is 70.2 Å². The van der Waals surface area contributed by atoms with Gasteiger partial charge < -0.3 is 24.8 Å². The normalized spacial score (nSPS) is 18.4. The van der Waals surface area contributed by atoms with Crippen molar-refractivity contribution in [3.8, 4) is 0 Å². The van der Waals surface area contributed by atoms with Gasteiger partial charge in [0.25, 0.3) is 0 Å². The number of rotatable bonds is 15. The van der Waals surface area contributed by atoms with Gasteiger partial charge in [0.2, 0.25) is 11.8 Å². The molecule has 1 aliphatic rings. The molecule has 1 saturated heterocycles. The van der Waals surface area contributed by atoms with Crippen molar-refractivity contribution < 1.29 is 29.4 Å². The number of ether oxygens (including phenoxy) is 2. The second-order valence-electron chi connectivity index (χ2n) is 10.9. The van der Waals surface area contributed by atoms with Crippen LogP contribution in [0, 0.1) is 0 Å². The average molecular weight is 591 g/mol. The molecule has 2 aromatic carbocycles. The molecule has 0 aliphatic carbocycles. The Bertz CT molecular complexity index is 1270. The highest BCUT2D eigenvalue weighted by molar-refractivity contribution is 5.76. The molecule has 0 radical (unpaired) electrons. The molecule has 0 bridgehead atoms. The third-order valence-electron chi connectivity index (χ3n) is 7.53. The Morgan fingerprint density at radius 3 is 2.30 bits per heavy atom. The number of unbranched alkanes of at least 4 members (excludes halogenated alkanes) is 1. The number of hydroxylamine groups is 1. The Labute approximate surface area is 253 Å². The minimum Gasteiger partial charge on any atom is -0.392 e. The van der Waals surface area contributed by atoms with Gasteiger partial charge in [-0.1, -0.05) is 54.6 Å². The van der Waals surface area contributed by atoms with E-state index in [1.807, 2.05) is 72.9 Å². The van der Waals surface area contributed by atoms with Gasteiger partial charge >= 0.3 is 0 Å². The number of amides is 2. The highest BCUT2D eigenvalue weighted by Crippen LogP contribution is 2.38. The highest BCUT2D eigenvalue weighted by atomic mass is 16.7. The van der Waals surface area contributed by atoms with Crippen LogP contribution in [0.2, 0.25) is 0 Å². The molecule has 10 nitrogen and oxygen atoms in total. The maximum absolute atomic E-state index is 12.2. The quantitative estimate of drug-likeness (QED) is 0.119. The molecule has 2 heterocycles. The molecule has 0 spiro atoms. The number of carbonyl (C=O) groups is 2. The molecular formula is C33H42N4O6. The SMILES string of the molecule is CN(CCc1ccccn1)CC1CC(c2ccc(CO)cc2)OC(c2ccc(CNC(=O)CCCCC(=O)NO)cc2)O1. The standard InChI is InChI=1S/C33H42N4O6/c1-37(19-17-28-6-4-5-18-34-28)22-29-20-30(26-13-11-25(23-38)12-14-26)43-33(42-29)27-15-9-24(10-16-27)21-35-31(39)7-2-3-8-32(40)36-41/h4-6,9-16,18,29-30,33,38,41H,2-3,7-8,17,19-23H2,1H3,(H,35,39)(H,36,40). The summed E-state index contributed by atoms with van der Waals surface area (Å²) >= 11 is 0. The molecule has 0 saturated carbocycles. The van der Waals surface area contributed by atoms with Crippen molar-refractivity contribution in [2.24, 2.45) is 0 Å². The molecule has 43 heavy (non-hydrogen) atoms. The van der Waals surface area contributed by atoms with Gasteiger partial charge in [-0.3, -0.25) is 19.8 Å². The van der Waals surface area contributed by atoms with E-state index in [-0.39, 0.29) is 31.1 Å². The van der Waals surface area contributed by atoms with Gasteiger partial charge in [-0.2, -0.15) is 0 Å². The molecule has 1 aliphatic heterocycles. The number of nitrogens with one attached hydrogen (secondary N) is 2. The van der Waals surface area contributed by atoms with Crippen LogP contribution in [0.3, 0.4) is 0 Å². The average Bonchev–Trinajstić information content (AvgIpc) is 3.05. The summed E-state index contributed by atoms with van der Waals surface area (Å²) in [6.45, 7) is 1.99. The maximum atomic E-state index is 12.2. The lowest BCUT2D eigenvalue weighted by Gasteiger charge is -2.38. The summed E-state index contributed by atoms with van der Waals surface area (Å²) in [5, 5.41) is 20.9. The first-order valence-electron chi connectivity index (χ1n) is 14.8. The Hall–Kier alpha value is -3.67. The van der Waals surface area contributed by atoms with Crippen LogP contribution in [-0.2, 0) is 38.6 Å². The van der Waals surface area contributed by atoms with Crippen LogP contribution >= 0.6 is 0 Å². The molecule has 2 amide bonds. The minimum atomic E-state index is -0.551. The van der Waals surface area contributed by atoms with Gasteiger partial charge in [0.1, 0.15) is 0 Å². The third kappa shape index (κ3) is 10.5. The lowest BCUT2D eigenvalue weighted by molar-refractivity contribution is -0.252. The predicted molar refractivity (Wildman–Crippen MR) is 161 cm³/mol. The number of benzene rings is 2. The Balaban J connectivity index is 1.35. The Morgan fingerprint density at radius 2 is 1.63 bits per heavy atom. The summed E-state index contributed by atoms with van der Waals surface area (Å²) in [4.78, 5) is 30.0. The summed E-state index contributed by atoms with van der Waals surface area (Å²) in [6, 6.07) is 21.7. The van der Waals surface area contributed by atoms with Gasteiger partial charge in [-0.15, -0.1) is 0 Å². The van der Waals surface area contributed by atoms with Gasteiger partial charge in [-0.05, 0) is 48.7 Å². The largest absolute Gasteiger partial charge is 0.392 e. The molecule has 1 fully saturated rings. The van der Waals surface area contributed by atoms with E-state index in [4.69, 9.17) is 14.7 Å². The zero-order valence-electron chi connectivity index (χ0n) is 24.7. The summed E-state index contributed by atoms with van der Waals surface area (Å²) in [5.41, 5.74) is 6.41. The van der Waals surface area contributed by atoms with E-state index in [0.717, 1.165) is 47.5 Å². The lowest BCUT2D eigenvalue weighted by atomic mass is 9.99. The summed E-state index contributed by atoms with van der Waals surface area (Å²) in [5.74, 6) is -0.534. The first-order valence-corrected chi connectivity index (χ1v) is 14.8. The number of nitrogens with zero attached hydrogens (tertiary/aromatic N) is 2. The van der Waals surface area contributed by atoms with Crippen molar-refractivity contribution in [1.29, 1.82) is 0 Å². The van der Waals surface area contributed by atoms with E-state index in [1.165, 1.54) is 0 Å². The number of hydrogen-bond donors (Lipinski definition) is 4.